The standard InChI is InChI=1S/C24H21ClN2O3S/c1-4-30-21-11-9-19(10-12-21)26-15(2)13-17(16(26)3)14-22-23(28)27(24(29)31-22)20-7-5-18(25)6-8-20/h5-14H,4H2,1-3H3/b22-14+. The van der Waals surface area contributed by atoms with Crippen molar-refractivity contribution in [3.05, 3.63) is 81.5 Å². The molecule has 5 nitrogen and oxygen atoms in total. The Morgan fingerprint density at radius 2 is 1.65 bits per heavy atom. The average Bonchev–Trinajstić information content (AvgIpc) is 3.18. The maximum Gasteiger partial charge on any atom is 0.298 e. The van der Waals surface area contributed by atoms with E-state index in [-0.39, 0.29) is 11.1 Å². The topological polar surface area (TPSA) is 51.5 Å². The van der Waals surface area contributed by atoms with E-state index in [0.717, 1.165) is 40.2 Å². The fraction of sp³-hybridized carbons (Fsp3) is 0.167. The van der Waals surface area contributed by atoms with Gasteiger partial charge in [0.1, 0.15) is 5.75 Å². The van der Waals surface area contributed by atoms with Crippen molar-refractivity contribution in [1.82, 2.24) is 4.57 Å². The van der Waals surface area contributed by atoms with Crippen LogP contribution in [0.2, 0.25) is 5.02 Å². The molecule has 0 aliphatic carbocycles. The fourth-order valence-electron chi connectivity index (χ4n) is 3.61. The molecule has 4 rings (SSSR count). The smallest absolute Gasteiger partial charge is 0.298 e. The van der Waals surface area contributed by atoms with Crippen LogP contribution >= 0.6 is 23.4 Å². The summed E-state index contributed by atoms with van der Waals surface area (Å²) >= 11 is 6.86. The second kappa shape index (κ2) is 8.65. The second-order valence-electron chi connectivity index (χ2n) is 7.08. The lowest BCUT2D eigenvalue weighted by molar-refractivity contribution is -0.113. The molecule has 0 radical (unpaired) electrons. The van der Waals surface area contributed by atoms with Crippen LogP contribution in [0.15, 0.2) is 59.5 Å². The fourth-order valence-corrected chi connectivity index (χ4v) is 4.57. The van der Waals surface area contributed by atoms with Crippen molar-refractivity contribution in [2.45, 2.75) is 20.8 Å². The molecule has 0 unspecified atom stereocenters. The van der Waals surface area contributed by atoms with Gasteiger partial charge in [-0.25, -0.2) is 4.90 Å². The molecule has 1 aromatic heterocycles. The van der Waals surface area contributed by atoms with Crippen molar-refractivity contribution in [2.75, 3.05) is 11.5 Å². The zero-order valence-electron chi connectivity index (χ0n) is 17.4. The molecule has 0 N–H and O–H groups in total. The maximum absolute atomic E-state index is 12.9. The Labute approximate surface area is 190 Å². The van der Waals surface area contributed by atoms with Gasteiger partial charge >= 0.3 is 0 Å². The lowest BCUT2D eigenvalue weighted by Crippen LogP contribution is -2.27. The van der Waals surface area contributed by atoms with E-state index in [4.69, 9.17) is 16.3 Å². The lowest BCUT2D eigenvalue weighted by Gasteiger charge is -2.12. The van der Waals surface area contributed by atoms with E-state index >= 15 is 0 Å². The second-order valence-corrected chi connectivity index (χ2v) is 8.51. The molecule has 0 spiro atoms. The van der Waals surface area contributed by atoms with Gasteiger partial charge in [0.15, 0.2) is 0 Å². The predicted octanol–water partition coefficient (Wildman–Crippen LogP) is 6.39. The molecule has 0 atom stereocenters. The first-order valence-electron chi connectivity index (χ1n) is 9.84. The molecule has 1 saturated heterocycles. The van der Waals surface area contributed by atoms with Gasteiger partial charge in [-0.2, -0.15) is 0 Å². The third-order valence-electron chi connectivity index (χ3n) is 5.04. The molecular weight excluding hydrogens is 432 g/mol. The molecule has 0 bridgehead atoms. The van der Waals surface area contributed by atoms with Crippen LogP contribution in [0, 0.1) is 13.8 Å². The number of carbonyl (C=O) groups is 2. The minimum atomic E-state index is -0.330. The summed E-state index contributed by atoms with van der Waals surface area (Å²) in [6.45, 7) is 6.59. The van der Waals surface area contributed by atoms with Crippen LogP contribution in [0.1, 0.15) is 23.9 Å². The highest BCUT2D eigenvalue weighted by Gasteiger charge is 2.36. The molecule has 31 heavy (non-hydrogen) atoms. The SMILES string of the molecule is CCOc1ccc(-n2c(C)cc(/C=C3/SC(=O)N(c4ccc(Cl)cc4)C3=O)c2C)cc1. The summed E-state index contributed by atoms with van der Waals surface area (Å²) < 4.78 is 7.64. The molecule has 2 amide bonds. The van der Waals surface area contributed by atoms with Crippen LogP contribution < -0.4 is 9.64 Å². The normalized spacial score (nSPS) is 15.2. The quantitative estimate of drug-likeness (QED) is 0.421. The minimum Gasteiger partial charge on any atom is -0.494 e. The summed E-state index contributed by atoms with van der Waals surface area (Å²) in [6, 6.07) is 16.6. The van der Waals surface area contributed by atoms with E-state index < -0.39 is 0 Å². The van der Waals surface area contributed by atoms with Gasteiger partial charge < -0.3 is 9.30 Å². The van der Waals surface area contributed by atoms with Crippen molar-refractivity contribution in [3.8, 4) is 11.4 Å². The zero-order chi connectivity index (χ0) is 22.1. The van der Waals surface area contributed by atoms with E-state index in [1.807, 2.05) is 51.1 Å². The zero-order valence-corrected chi connectivity index (χ0v) is 19.0. The molecule has 0 saturated carbocycles. The number of imide groups is 1. The molecule has 7 heteroatoms. The highest BCUT2D eigenvalue weighted by Crippen LogP contribution is 2.37. The van der Waals surface area contributed by atoms with E-state index in [2.05, 4.69) is 4.57 Å². The summed E-state index contributed by atoms with van der Waals surface area (Å²) in [5.41, 5.74) is 4.43. The number of thioether (sulfide) groups is 1. The number of carbonyl (C=O) groups excluding carboxylic acids is 2. The third-order valence-corrected chi connectivity index (χ3v) is 6.16. The number of benzene rings is 2. The summed E-state index contributed by atoms with van der Waals surface area (Å²) in [6.07, 6.45) is 1.79. The van der Waals surface area contributed by atoms with Gasteiger partial charge in [0.05, 0.1) is 17.2 Å². The summed E-state index contributed by atoms with van der Waals surface area (Å²) in [7, 11) is 0. The molecule has 3 aromatic rings. The van der Waals surface area contributed by atoms with Gasteiger partial charge in [-0.1, -0.05) is 11.6 Å². The van der Waals surface area contributed by atoms with Crippen molar-refractivity contribution < 1.29 is 14.3 Å². The van der Waals surface area contributed by atoms with Gasteiger partial charge in [-0.3, -0.25) is 9.59 Å². The van der Waals surface area contributed by atoms with E-state index in [0.29, 0.717) is 22.2 Å². The summed E-state index contributed by atoms with van der Waals surface area (Å²) in [5.74, 6) is 0.494. The van der Waals surface area contributed by atoms with Crippen LogP contribution in [0.5, 0.6) is 5.75 Å². The number of halogens is 1. The van der Waals surface area contributed by atoms with E-state index in [1.54, 1.807) is 30.3 Å². The molecule has 1 aliphatic rings. The van der Waals surface area contributed by atoms with Crippen LogP contribution in [0.4, 0.5) is 10.5 Å². The first-order valence-corrected chi connectivity index (χ1v) is 11.0. The Hall–Kier alpha value is -2.96. The highest BCUT2D eigenvalue weighted by atomic mass is 35.5. The number of hydrogen-bond donors (Lipinski definition) is 0. The van der Waals surface area contributed by atoms with Gasteiger partial charge in [-0.15, -0.1) is 0 Å². The van der Waals surface area contributed by atoms with Gasteiger partial charge in [-0.05, 0) is 98.8 Å². The Bertz CT molecular complexity index is 1180. The minimum absolute atomic E-state index is 0.320. The molecule has 158 valence electrons. The van der Waals surface area contributed by atoms with Crippen LogP contribution in [-0.4, -0.2) is 22.3 Å². The molecule has 2 aromatic carbocycles. The number of hydrogen-bond acceptors (Lipinski definition) is 4. The molecule has 2 heterocycles. The maximum atomic E-state index is 12.9. The summed E-state index contributed by atoms with van der Waals surface area (Å²) in [4.78, 5) is 27.0. The summed E-state index contributed by atoms with van der Waals surface area (Å²) in [5, 5.41) is 0.229. The highest BCUT2D eigenvalue weighted by molar-refractivity contribution is 8.19. The van der Waals surface area contributed by atoms with E-state index in [9.17, 15) is 9.59 Å². The first kappa shape index (κ1) is 21.3. The number of amides is 2. The van der Waals surface area contributed by atoms with Crippen molar-refractivity contribution in [3.63, 3.8) is 0 Å². The van der Waals surface area contributed by atoms with Crippen LogP contribution in [0.3, 0.4) is 0 Å². The van der Waals surface area contributed by atoms with Crippen LogP contribution in [0.25, 0.3) is 11.8 Å². The first-order chi connectivity index (χ1) is 14.9. The van der Waals surface area contributed by atoms with Crippen molar-refractivity contribution >= 4 is 46.3 Å². The number of ether oxygens (including phenoxy) is 1. The third kappa shape index (κ3) is 4.13. The lowest BCUT2D eigenvalue weighted by atomic mass is 10.2. The Morgan fingerprint density at radius 1 is 1.00 bits per heavy atom. The predicted molar refractivity (Wildman–Crippen MR) is 126 cm³/mol. The van der Waals surface area contributed by atoms with Gasteiger partial charge in [0.2, 0.25) is 0 Å². The monoisotopic (exact) mass is 452 g/mol. The number of rotatable bonds is 5. The average molecular weight is 453 g/mol. The van der Waals surface area contributed by atoms with Crippen molar-refractivity contribution in [2.24, 2.45) is 0 Å². The molecular formula is C24H21ClN2O3S. The number of anilines is 1. The Kier molecular flexibility index (Phi) is 5.94. The Balaban J connectivity index is 1.65. The number of aromatic nitrogens is 1. The number of nitrogens with zero attached hydrogens (tertiary/aromatic N) is 2. The number of aryl methyl sites for hydroxylation is 1. The van der Waals surface area contributed by atoms with Crippen molar-refractivity contribution in [1.29, 1.82) is 0 Å². The van der Waals surface area contributed by atoms with Gasteiger partial charge in [0.25, 0.3) is 11.1 Å². The molecule has 1 aliphatic heterocycles. The van der Waals surface area contributed by atoms with Gasteiger partial charge in [0, 0.05) is 22.1 Å². The van der Waals surface area contributed by atoms with E-state index in [1.165, 1.54) is 4.90 Å². The largest absolute Gasteiger partial charge is 0.494 e. The molecule has 1 fully saturated rings. The Morgan fingerprint density at radius 3 is 2.29 bits per heavy atom. The van der Waals surface area contributed by atoms with Crippen LogP contribution in [-0.2, 0) is 4.79 Å².